The number of hydrogen-bond acceptors (Lipinski definition) is 6. The second-order valence-corrected chi connectivity index (χ2v) is 11.9. The van der Waals surface area contributed by atoms with E-state index >= 15 is 0 Å². The Hall–Kier alpha value is -4.25. The van der Waals surface area contributed by atoms with Crippen molar-refractivity contribution < 1.29 is 19.2 Å². The van der Waals surface area contributed by atoms with Crippen LogP contribution in [0.5, 0.6) is 0 Å². The van der Waals surface area contributed by atoms with Gasteiger partial charge in [0.15, 0.2) is 11.7 Å². The summed E-state index contributed by atoms with van der Waals surface area (Å²) >= 11 is 0. The van der Waals surface area contributed by atoms with E-state index in [1.165, 1.54) is 0 Å². The largest absolute Gasteiger partial charge is 0.370 e. The molecule has 0 spiro atoms. The molecular weight excluding hydrogens is 570 g/mol. The number of amides is 3. The first-order chi connectivity index (χ1) is 21.8. The predicted molar refractivity (Wildman–Crippen MR) is 174 cm³/mol. The fourth-order valence-corrected chi connectivity index (χ4v) is 6.36. The number of carbonyl (C=O) groups excluding carboxylic acids is 4. The molecular formula is C34H47N7O4. The number of carbonyl (C=O) groups is 4. The molecule has 2 heterocycles. The minimum atomic E-state index is -0.916. The first kappa shape index (κ1) is 33.6. The maximum Gasteiger partial charge on any atom is 0.243 e. The number of likely N-dealkylation sites (tertiary alicyclic amines) is 2. The quantitative estimate of drug-likeness (QED) is 0.142. The molecule has 7 N–H and O–H groups in total. The van der Waals surface area contributed by atoms with Crippen LogP contribution in [0.2, 0.25) is 0 Å². The van der Waals surface area contributed by atoms with Gasteiger partial charge < -0.3 is 32.3 Å². The van der Waals surface area contributed by atoms with Crippen molar-refractivity contribution in [3.8, 4) is 0 Å². The van der Waals surface area contributed by atoms with Crippen LogP contribution in [-0.2, 0) is 19.2 Å². The summed E-state index contributed by atoms with van der Waals surface area (Å²) in [6.45, 7) is 2.13. The molecule has 4 rings (SSSR count). The molecule has 0 saturated carbocycles. The molecule has 11 heteroatoms. The van der Waals surface area contributed by atoms with Crippen LogP contribution in [-0.4, -0.2) is 83.6 Å². The topological polar surface area (TPSA) is 177 Å². The molecule has 242 valence electrons. The number of benzene rings is 2. The summed E-state index contributed by atoms with van der Waals surface area (Å²) in [5.74, 6) is -1.42. The van der Waals surface area contributed by atoms with Gasteiger partial charge in [-0.2, -0.15) is 0 Å². The van der Waals surface area contributed by atoms with Gasteiger partial charge in [0.05, 0.1) is 12.1 Å². The van der Waals surface area contributed by atoms with E-state index in [1.807, 2.05) is 65.6 Å². The number of Topliss-reactive ketones (excluding diaryl/α,β-unsaturated/α-hetero) is 1. The Kier molecular flexibility index (Phi) is 12.5. The summed E-state index contributed by atoms with van der Waals surface area (Å²) in [5, 5.41) is 2.91. The van der Waals surface area contributed by atoms with Gasteiger partial charge in [0, 0.05) is 44.9 Å². The molecule has 2 aliphatic rings. The third-order valence-corrected chi connectivity index (χ3v) is 8.74. The maximum absolute atomic E-state index is 13.9. The van der Waals surface area contributed by atoms with Gasteiger partial charge in [0.25, 0.3) is 0 Å². The summed E-state index contributed by atoms with van der Waals surface area (Å²) in [6, 6.07) is 16.8. The third-order valence-electron chi connectivity index (χ3n) is 8.74. The number of rotatable bonds is 14. The minimum Gasteiger partial charge on any atom is -0.370 e. The summed E-state index contributed by atoms with van der Waals surface area (Å²) in [4.78, 5) is 61.1. The van der Waals surface area contributed by atoms with Gasteiger partial charge in [-0.15, -0.1) is 0 Å². The van der Waals surface area contributed by atoms with Crippen molar-refractivity contribution in [1.29, 1.82) is 0 Å². The lowest BCUT2D eigenvalue weighted by Crippen LogP contribution is -2.55. The molecule has 0 aliphatic carbocycles. The molecule has 3 amide bonds. The Balaban J connectivity index is 1.45. The fraction of sp³-hybridized carbons (Fsp3) is 0.500. The second-order valence-electron chi connectivity index (χ2n) is 11.9. The molecule has 3 atom stereocenters. The number of aliphatic imine (C=N–C) groups is 1. The van der Waals surface area contributed by atoms with Crippen LogP contribution < -0.4 is 22.5 Å². The van der Waals surface area contributed by atoms with Crippen LogP contribution in [0, 0.1) is 0 Å². The molecule has 2 aliphatic heterocycles. The van der Waals surface area contributed by atoms with E-state index in [0.29, 0.717) is 38.8 Å². The molecule has 2 aromatic rings. The maximum atomic E-state index is 13.9. The number of guanidine groups is 1. The minimum absolute atomic E-state index is 0.0244. The highest BCUT2D eigenvalue weighted by Gasteiger charge is 2.40. The third kappa shape index (κ3) is 9.37. The first-order valence-electron chi connectivity index (χ1n) is 16.1. The lowest BCUT2D eigenvalue weighted by Gasteiger charge is -2.31. The number of hydrogen-bond donors (Lipinski definition) is 4. The first-order valence-corrected chi connectivity index (χ1v) is 16.1. The number of ketones is 1. The zero-order valence-corrected chi connectivity index (χ0v) is 26.0. The van der Waals surface area contributed by atoms with Crippen molar-refractivity contribution in [2.45, 2.75) is 81.8 Å². The highest BCUT2D eigenvalue weighted by Crippen LogP contribution is 2.30. The van der Waals surface area contributed by atoms with Crippen molar-refractivity contribution in [1.82, 2.24) is 15.1 Å². The van der Waals surface area contributed by atoms with Gasteiger partial charge in [-0.25, -0.2) is 0 Å². The predicted octanol–water partition coefficient (Wildman–Crippen LogP) is 2.04. The van der Waals surface area contributed by atoms with Crippen LogP contribution in [0.25, 0.3) is 0 Å². The number of piperidine rings is 1. The van der Waals surface area contributed by atoms with E-state index in [4.69, 9.17) is 17.2 Å². The molecule has 2 saturated heterocycles. The van der Waals surface area contributed by atoms with Gasteiger partial charge in [-0.3, -0.25) is 24.2 Å². The van der Waals surface area contributed by atoms with Gasteiger partial charge in [0.1, 0.15) is 6.04 Å². The smallest absolute Gasteiger partial charge is 0.243 e. The Labute approximate surface area is 265 Å². The van der Waals surface area contributed by atoms with Crippen LogP contribution in [0.15, 0.2) is 65.7 Å². The van der Waals surface area contributed by atoms with Crippen molar-refractivity contribution in [3.63, 3.8) is 0 Å². The average molecular weight is 618 g/mol. The zero-order chi connectivity index (χ0) is 32.2. The number of nitrogens with two attached hydrogens (primary N) is 3. The molecule has 0 bridgehead atoms. The van der Waals surface area contributed by atoms with Crippen molar-refractivity contribution in [2.75, 3.05) is 26.2 Å². The van der Waals surface area contributed by atoms with Crippen molar-refractivity contribution in [2.24, 2.45) is 22.2 Å². The molecule has 2 fully saturated rings. The highest BCUT2D eigenvalue weighted by molar-refractivity contribution is 5.95. The molecule has 11 nitrogen and oxygen atoms in total. The Morgan fingerprint density at radius 2 is 1.47 bits per heavy atom. The fourth-order valence-electron chi connectivity index (χ4n) is 6.36. The van der Waals surface area contributed by atoms with Crippen LogP contribution in [0.3, 0.4) is 0 Å². The second kappa shape index (κ2) is 16.7. The monoisotopic (exact) mass is 617 g/mol. The standard InChI is InChI=1S/C34H47N7O4/c35-31(30(24-12-4-1-5-13-24)25-14-6-2-7-15-25)33(45)41-23-11-17-27(41)32(44)39-26(16-10-20-38-34(36)37)28(42)18-19-29(43)40-21-8-3-9-22-40/h1-2,4-7,12-15,26-27,30-31H,3,8-11,16-23,35H2,(H,39,44)(H4,36,37,38)/t26?,27-,31?/m0/s1. The summed E-state index contributed by atoms with van der Waals surface area (Å²) < 4.78 is 0. The summed E-state index contributed by atoms with van der Waals surface area (Å²) in [7, 11) is 0. The Morgan fingerprint density at radius 3 is 2.07 bits per heavy atom. The van der Waals surface area contributed by atoms with Crippen LogP contribution in [0.4, 0.5) is 0 Å². The summed E-state index contributed by atoms with van der Waals surface area (Å²) in [6.07, 6.45) is 5.06. The summed E-state index contributed by atoms with van der Waals surface area (Å²) in [5.41, 5.74) is 19.4. The van der Waals surface area contributed by atoms with E-state index in [2.05, 4.69) is 10.3 Å². The number of nitrogens with one attached hydrogen (secondary N) is 1. The zero-order valence-electron chi connectivity index (χ0n) is 26.0. The van der Waals surface area contributed by atoms with E-state index in [-0.39, 0.29) is 36.4 Å². The normalized spacial score (nSPS) is 17.9. The lowest BCUT2D eigenvalue weighted by atomic mass is 9.84. The van der Waals surface area contributed by atoms with Crippen molar-refractivity contribution >= 4 is 29.5 Å². The van der Waals surface area contributed by atoms with Crippen LogP contribution in [0.1, 0.15) is 74.8 Å². The van der Waals surface area contributed by atoms with E-state index in [1.54, 1.807) is 4.90 Å². The van der Waals surface area contributed by atoms with Gasteiger partial charge >= 0.3 is 0 Å². The van der Waals surface area contributed by atoms with Crippen LogP contribution >= 0.6 is 0 Å². The van der Waals surface area contributed by atoms with Gasteiger partial charge in [-0.05, 0) is 56.1 Å². The van der Waals surface area contributed by atoms with Crippen molar-refractivity contribution in [3.05, 3.63) is 71.8 Å². The molecule has 0 radical (unpaired) electrons. The van der Waals surface area contributed by atoms with Gasteiger partial charge in [0.2, 0.25) is 17.7 Å². The molecule has 2 aromatic carbocycles. The SMILES string of the molecule is NC(N)=NCCCC(NC(=O)[C@@H]1CCCN1C(=O)C(N)C(c1ccccc1)c1ccccc1)C(=O)CCC(=O)N1CCCCC1. The van der Waals surface area contributed by atoms with E-state index in [9.17, 15) is 19.2 Å². The molecule has 2 unspecified atom stereocenters. The van der Waals surface area contributed by atoms with E-state index < -0.39 is 30.0 Å². The molecule has 45 heavy (non-hydrogen) atoms. The molecule has 0 aromatic heterocycles. The average Bonchev–Trinajstić information content (AvgIpc) is 3.56. The van der Waals surface area contributed by atoms with E-state index in [0.717, 1.165) is 43.5 Å². The Bertz CT molecular complexity index is 1270. The van der Waals surface area contributed by atoms with Gasteiger partial charge in [-0.1, -0.05) is 60.7 Å². The highest BCUT2D eigenvalue weighted by atomic mass is 16.2. The Morgan fingerprint density at radius 1 is 0.844 bits per heavy atom. The number of nitrogens with zero attached hydrogens (tertiary/aromatic N) is 3. The lowest BCUT2D eigenvalue weighted by molar-refractivity contribution is -0.140.